The van der Waals surface area contributed by atoms with Crippen LogP contribution < -0.4 is 10.1 Å². The third-order valence-electron chi connectivity index (χ3n) is 5.29. The van der Waals surface area contributed by atoms with E-state index in [1.54, 1.807) is 30.5 Å². The predicted molar refractivity (Wildman–Crippen MR) is 114 cm³/mol. The van der Waals surface area contributed by atoms with E-state index < -0.39 is 6.04 Å². The summed E-state index contributed by atoms with van der Waals surface area (Å²) in [4.78, 5) is 29.9. The van der Waals surface area contributed by atoms with Gasteiger partial charge in [0.15, 0.2) is 0 Å². The van der Waals surface area contributed by atoms with Crippen LogP contribution in [0.1, 0.15) is 36.9 Å². The Hall–Kier alpha value is -2.80. The van der Waals surface area contributed by atoms with Crippen LogP contribution in [0.15, 0.2) is 47.1 Å². The Morgan fingerprint density at radius 2 is 1.80 bits per heavy atom. The predicted octanol–water partition coefficient (Wildman–Crippen LogP) is 2.78. The lowest BCUT2D eigenvalue weighted by atomic mass is 10.0. The van der Waals surface area contributed by atoms with E-state index in [1.807, 2.05) is 37.8 Å². The Morgan fingerprint density at radius 1 is 1.10 bits per heavy atom. The summed E-state index contributed by atoms with van der Waals surface area (Å²) < 4.78 is 10.8. The molecule has 1 atom stereocenters. The molecule has 1 aromatic carbocycles. The van der Waals surface area contributed by atoms with Crippen LogP contribution in [0.3, 0.4) is 0 Å². The summed E-state index contributed by atoms with van der Waals surface area (Å²) in [6.45, 7) is 9.98. The first kappa shape index (κ1) is 21.9. The molecule has 1 aliphatic heterocycles. The van der Waals surface area contributed by atoms with Crippen LogP contribution in [0.4, 0.5) is 0 Å². The molecule has 7 nitrogen and oxygen atoms in total. The molecule has 0 bridgehead atoms. The Bertz CT molecular complexity index is 809. The van der Waals surface area contributed by atoms with Gasteiger partial charge >= 0.3 is 0 Å². The van der Waals surface area contributed by atoms with Gasteiger partial charge in [0.05, 0.1) is 19.4 Å². The van der Waals surface area contributed by atoms with Gasteiger partial charge in [-0.05, 0) is 49.2 Å². The SMILES string of the molecule is CCOc1ccc(C(=O)N[C@H](C(=O)N2CCN(Cc3ccco3)CC2)C(C)C)cc1. The van der Waals surface area contributed by atoms with Crippen molar-refractivity contribution >= 4 is 11.8 Å². The Labute approximate surface area is 178 Å². The number of rotatable bonds is 8. The summed E-state index contributed by atoms with van der Waals surface area (Å²) >= 11 is 0. The number of benzene rings is 1. The van der Waals surface area contributed by atoms with E-state index >= 15 is 0 Å². The topological polar surface area (TPSA) is 75.0 Å². The van der Waals surface area contributed by atoms with E-state index in [0.29, 0.717) is 25.3 Å². The molecule has 1 N–H and O–H groups in total. The first-order chi connectivity index (χ1) is 14.5. The molecule has 1 aliphatic rings. The fourth-order valence-corrected chi connectivity index (χ4v) is 3.55. The highest BCUT2D eigenvalue weighted by atomic mass is 16.5. The molecule has 2 amide bonds. The Kier molecular flexibility index (Phi) is 7.52. The van der Waals surface area contributed by atoms with Gasteiger partial charge in [-0.3, -0.25) is 14.5 Å². The van der Waals surface area contributed by atoms with Crippen molar-refractivity contribution in [2.75, 3.05) is 32.8 Å². The fourth-order valence-electron chi connectivity index (χ4n) is 3.55. The molecular weight excluding hydrogens is 382 g/mol. The number of carbonyl (C=O) groups excluding carboxylic acids is 2. The summed E-state index contributed by atoms with van der Waals surface area (Å²) in [6, 6.07) is 10.3. The lowest BCUT2D eigenvalue weighted by Gasteiger charge is -2.37. The van der Waals surface area contributed by atoms with Gasteiger partial charge in [0.2, 0.25) is 5.91 Å². The second kappa shape index (κ2) is 10.3. The summed E-state index contributed by atoms with van der Waals surface area (Å²) in [5.41, 5.74) is 0.514. The largest absolute Gasteiger partial charge is 0.494 e. The Morgan fingerprint density at radius 3 is 2.37 bits per heavy atom. The standard InChI is InChI=1S/C23H31N3O4/c1-4-29-19-9-7-18(8-10-19)22(27)24-21(17(2)3)23(28)26-13-11-25(12-14-26)16-20-6-5-15-30-20/h5-10,15,17,21H,4,11-14,16H2,1-3H3,(H,24,27)/t21-/m0/s1. The van der Waals surface area contributed by atoms with Gasteiger partial charge in [-0.2, -0.15) is 0 Å². The maximum atomic E-state index is 13.1. The smallest absolute Gasteiger partial charge is 0.251 e. The third-order valence-corrected chi connectivity index (χ3v) is 5.29. The van der Waals surface area contributed by atoms with Crippen molar-refractivity contribution in [1.29, 1.82) is 0 Å². The van der Waals surface area contributed by atoms with E-state index in [4.69, 9.17) is 9.15 Å². The number of amides is 2. The molecular formula is C23H31N3O4. The van der Waals surface area contributed by atoms with Gasteiger partial charge in [0.25, 0.3) is 5.91 Å². The molecule has 2 aromatic rings. The average Bonchev–Trinajstić information content (AvgIpc) is 3.25. The van der Waals surface area contributed by atoms with E-state index in [2.05, 4.69) is 10.2 Å². The van der Waals surface area contributed by atoms with Crippen molar-refractivity contribution in [2.45, 2.75) is 33.4 Å². The van der Waals surface area contributed by atoms with Crippen molar-refractivity contribution in [2.24, 2.45) is 5.92 Å². The highest BCUT2D eigenvalue weighted by molar-refractivity contribution is 5.97. The number of carbonyl (C=O) groups is 2. The van der Waals surface area contributed by atoms with Gasteiger partial charge in [-0.1, -0.05) is 13.8 Å². The molecule has 1 saturated heterocycles. The van der Waals surface area contributed by atoms with Crippen LogP contribution in [0.2, 0.25) is 0 Å². The minimum Gasteiger partial charge on any atom is -0.494 e. The number of ether oxygens (including phenoxy) is 1. The second-order valence-electron chi connectivity index (χ2n) is 7.83. The summed E-state index contributed by atoms with van der Waals surface area (Å²) in [6.07, 6.45) is 1.68. The van der Waals surface area contributed by atoms with Crippen LogP contribution >= 0.6 is 0 Å². The van der Waals surface area contributed by atoms with Crippen molar-refractivity contribution in [3.05, 3.63) is 54.0 Å². The van der Waals surface area contributed by atoms with Crippen molar-refractivity contribution in [3.8, 4) is 5.75 Å². The number of piperazine rings is 1. The minimum atomic E-state index is -0.555. The summed E-state index contributed by atoms with van der Waals surface area (Å²) in [7, 11) is 0. The van der Waals surface area contributed by atoms with E-state index in [1.165, 1.54) is 0 Å². The lowest BCUT2D eigenvalue weighted by Crippen LogP contribution is -2.56. The number of nitrogens with one attached hydrogen (secondary N) is 1. The molecule has 1 aromatic heterocycles. The molecule has 162 valence electrons. The second-order valence-corrected chi connectivity index (χ2v) is 7.83. The molecule has 7 heteroatoms. The number of furan rings is 1. The van der Waals surface area contributed by atoms with Crippen LogP contribution in [-0.4, -0.2) is 60.4 Å². The number of hydrogen-bond donors (Lipinski definition) is 1. The monoisotopic (exact) mass is 413 g/mol. The molecule has 2 heterocycles. The number of hydrogen-bond acceptors (Lipinski definition) is 5. The van der Waals surface area contributed by atoms with Crippen molar-refractivity contribution in [1.82, 2.24) is 15.1 Å². The van der Waals surface area contributed by atoms with Crippen LogP contribution in [-0.2, 0) is 11.3 Å². The minimum absolute atomic E-state index is 0.00898. The highest BCUT2D eigenvalue weighted by Gasteiger charge is 2.31. The van der Waals surface area contributed by atoms with Crippen LogP contribution in [0.25, 0.3) is 0 Å². The van der Waals surface area contributed by atoms with Crippen molar-refractivity contribution < 1.29 is 18.7 Å². The molecule has 0 unspecified atom stereocenters. The summed E-state index contributed by atoms with van der Waals surface area (Å²) in [5, 5.41) is 2.93. The van der Waals surface area contributed by atoms with Crippen molar-refractivity contribution in [3.63, 3.8) is 0 Å². The maximum Gasteiger partial charge on any atom is 0.251 e. The quantitative estimate of drug-likeness (QED) is 0.720. The molecule has 0 spiro atoms. The Balaban J connectivity index is 1.56. The number of nitrogens with zero attached hydrogens (tertiary/aromatic N) is 2. The van der Waals surface area contributed by atoms with E-state index in [0.717, 1.165) is 31.1 Å². The average molecular weight is 414 g/mol. The fraction of sp³-hybridized carbons (Fsp3) is 0.478. The van der Waals surface area contributed by atoms with Crippen LogP contribution in [0.5, 0.6) is 5.75 Å². The highest BCUT2D eigenvalue weighted by Crippen LogP contribution is 2.15. The van der Waals surface area contributed by atoms with Gasteiger partial charge in [0.1, 0.15) is 17.6 Å². The third kappa shape index (κ3) is 5.63. The van der Waals surface area contributed by atoms with Crippen LogP contribution in [0, 0.1) is 5.92 Å². The first-order valence-electron chi connectivity index (χ1n) is 10.5. The van der Waals surface area contributed by atoms with Gasteiger partial charge in [0, 0.05) is 31.7 Å². The first-order valence-corrected chi connectivity index (χ1v) is 10.5. The zero-order valence-corrected chi connectivity index (χ0v) is 18.0. The maximum absolute atomic E-state index is 13.1. The van der Waals surface area contributed by atoms with E-state index in [9.17, 15) is 9.59 Å². The molecule has 1 fully saturated rings. The lowest BCUT2D eigenvalue weighted by molar-refractivity contribution is -0.136. The zero-order valence-electron chi connectivity index (χ0n) is 18.0. The van der Waals surface area contributed by atoms with Gasteiger partial charge in [-0.15, -0.1) is 0 Å². The summed E-state index contributed by atoms with van der Waals surface area (Å²) in [5.74, 6) is 1.36. The molecule has 3 rings (SSSR count). The molecule has 30 heavy (non-hydrogen) atoms. The zero-order chi connectivity index (χ0) is 21.5. The molecule has 0 aliphatic carbocycles. The van der Waals surface area contributed by atoms with Gasteiger partial charge < -0.3 is 19.4 Å². The molecule has 0 saturated carbocycles. The van der Waals surface area contributed by atoms with E-state index in [-0.39, 0.29) is 17.7 Å². The normalized spacial score (nSPS) is 15.8. The van der Waals surface area contributed by atoms with Gasteiger partial charge in [-0.25, -0.2) is 0 Å². The molecule has 0 radical (unpaired) electrons.